The molecule has 0 bridgehead atoms. The SMILES string of the molecule is c1ccc(-c2ccc(N(c3ccc(-c4c(-c5ccccc5)ccc5ccccc45)cc3)c3cccc4c3-c3ccccc3C4(c3ccccc3)c3ccccc3)cc2)cc1. The van der Waals surface area contributed by atoms with Gasteiger partial charge in [-0.3, -0.25) is 0 Å². The van der Waals surface area contributed by atoms with Crippen molar-refractivity contribution >= 4 is 27.8 Å². The fourth-order valence-electron chi connectivity index (χ4n) is 9.74. The summed E-state index contributed by atoms with van der Waals surface area (Å²) in [5, 5.41) is 2.48. The summed E-state index contributed by atoms with van der Waals surface area (Å²) in [6.07, 6.45) is 0. The third-order valence-corrected chi connectivity index (χ3v) is 12.4. The first-order valence-electron chi connectivity index (χ1n) is 20.8. The molecular weight excluding hydrogens is 723 g/mol. The molecule has 0 fully saturated rings. The van der Waals surface area contributed by atoms with Crippen LogP contribution in [0.15, 0.2) is 249 Å². The molecule has 1 aliphatic rings. The van der Waals surface area contributed by atoms with Gasteiger partial charge >= 0.3 is 0 Å². The first kappa shape index (κ1) is 35.4. The summed E-state index contributed by atoms with van der Waals surface area (Å²) < 4.78 is 0. The van der Waals surface area contributed by atoms with E-state index in [1.165, 1.54) is 77.5 Å². The molecular formula is C59H41N. The average Bonchev–Trinajstić information content (AvgIpc) is 3.64. The summed E-state index contributed by atoms with van der Waals surface area (Å²) in [5.41, 5.74) is 17.7. The number of rotatable bonds is 8. The van der Waals surface area contributed by atoms with E-state index in [2.05, 4.69) is 254 Å². The van der Waals surface area contributed by atoms with Gasteiger partial charge in [-0.15, -0.1) is 0 Å². The van der Waals surface area contributed by atoms with Crippen LogP contribution >= 0.6 is 0 Å². The van der Waals surface area contributed by atoms with E-state index in [1.54, 1.807) is 0 Å². The van der Waals surface area contributed by atoms with E-state index in [1.807, 2.05) is 0 Å². The van der Waals surface area contributed by atoms with Gasteiger partial charge in [-0.1, -0.05) is 218 Å². The molecule has 0 heterocycles. The highest BCUT2D eigenvalue weighted by molar-refractivity contribution is 6.05. The van der Waals surface area contributed by atoms with Crippen LogP contribution in [0.5, 0.6) is 0 Å². The summed E-state index contributed by atoms with van der Waals surface area (Å²) in [7, 11) is 0. The first-order valence-corrected chi connectivity index (χ1v) is 20.8. The Morgan fingerprint density at radius 1 is 0.283 bits per heavy atom. The lowest BCUT2D eigenvalue weighted by Crippen LogP contribution is -2.28. The minimum absolute atomic E-state index is 0.501. The molecule has 0 atom stereocenters. The Bertz CT molecular complexity index is 3060. The number of anilines is 3. The molecule has 0 saturated carbocycles. The third-order valence-electron chi connectivity index (χ3n) is 12.4. The molecule has 1 nitrogen and oxygen atoms in total. The zero-order chi connectivity index (χ0) is 39.9. The standard InChI is InChI=1S/C59H41N/c1-5-18-42(19-6-1)43-32-37-49(38-33-43)60(50-39-34-46(35-40-50)57-51-27-14-13-22-45(51)36-41-52(57)44-20-7-2-8-21-44)56-31-17-30-55-58(56)53-28-15-16-29-54(53)59(55,47-23-9-3-10-24-47)48-25-11-4-12-26-48/h1-41H. The minimum atomic E-state index is -0.501. The topological polar surface area (TPSA) is 3.24 Å². The minimum Gasteiger partial charge on any atom is -0.310 e. The summed E-state index contributed by atoms with van der Waals surface area (Å²) in [6.45, 7) is 0. The maximum absolute atomic E-state index is 2.46. The van der Waals surface area contributed by atoms with Gasteiger partial charge in [0, 0.05) is 16.9 Å². The first-order chi connectivity index (χ1) is 29.8. The van der Waals surface area contributed by atoms with Gasteiger partial charge in [-0.05, 0) is 102 Å². The number of benzene rings is 10. The molecule has 0 radical (unpaired) electrons. The Morgan fingerprint density at radius 2 is 0.783 bits per heavy atom. The Labute approximate surface area is 352 Å². The predicted octanol–water partition coefficient (Wildman–Crippen LogP) is 15.7. The second-order valence-corrected chi connectivity index (χ2v) is 15.6. The second kappa shape index (κ2) is 14.9. The molecule has 1 heteroatoms. The highest BCUT2D eigenvalue weighted by atomic mass is 15.1. The van der Waals surface area contributed by atoms with Gasteiger partial charge in [0.2, 0.25) is 0 Å². The van der Waals surface area contributed by atoms with Crippen LogP contribution in [-0.4, -0.2) is 0 Å². The largest absolute Gasteiger partial charge is 0.310 e. The van der Waals surface area contributed by atoms with E-state index in [0.717, 1.165) is 17.1 Å². The van der Waals surface area contributed by atoms with Crippen molar-refractivity contribution in [2.24, 2.45) is 0 Å². The highest BCUT2D eigenvalue weighted by Crippen LogP contribution is 2.59. The van der Waals surface area contributed by atoms with Crippen molar-refractivity contribution in [3.63, 3.8) is 0 Å². The van der Waals surface area contributed by atoms with E-state index >= 15 is 0 Å². The average molecular weight is 764 g/mol. The fourth-order valence-corrected chi connectivity index (χ4v) is 9.74. The highest BCUT2D eigenvalue weighted by Gasteiger charge is 2.47. The Balaban J connectivity index is 1.14. The number of hydrogen-bond acceptors (Lipinski definition) is 1. The van der Waals surface area contributed by atoms with Gasteiger partial charge in [-0.2, -0.15) is 0 Å². The summed E-state index contributed by atoms with van der Waals surface area (Å²) in [6, 6.07) is 91.0. The normalized spacial score (nSPS) is 12.5. The maximum atomic E-state index is 2.46. The predicted molar refractivity (Wildman–Crippen MR) is 252 cm³/mol. The molecule has 0 amide bonds. The van der Waals surface area contributed by atoms with Crippen LogP contribution in [0.1, 0.15) is 22.3 Å². The monoisotopic (exact) mass is 763 g/mol. The smallest absolute Gasteiger partial charge is 0.0714 e. The van der Waals surface area contributed by atoms with Crippen molar-refractivity contribution in [1.29, 1.82) is 0 Å². The van der Waals surface area contributed by atoms with Crippen LogP contribution in [0.2, 0.25) is 0 Å². The molecule has 1 aliphatic carbocycles. The lowest BCUT2D eigenvalue weighted by molar-refractivity contribution is 0.768. The zero-order valence-corrected chi connectivity index (χ0v) is 33.1. The fraction of sp³-hybridized carbons (Fsp3) is 0.0169. The zero-order valence-electron chi connectivity index (χ0n) is 33.1. The lowest BCUT2D eigenvalue weighted by atomic mass is 9.68. The van der Waals surface area contributed by atoms with E-state index < -0.39 is 5.41 Å². The quantitative estimate of drug-likeness (QED) is 0.149. The Hall–Kier alpha value is -7.74. The van der Waals surface area contributed by atoms with Gasteiger partial charge in [0.05, 0.1) is 11.1 Å². The summed E-state index contributed by atoms with van der Waals surface area (Å²) in [4.78, 5) is 2.46. The van der Waals surface area contributed by atoms with Crippen molar-refractivity contribution < 1.29 is 0 Å². The van der Waals surface area contributed by atoms with E-state index in [0.29, 0.717) is 0 Å². The van der Waals surface area contributed by atoms with Gasteiger partial charge in [0.25, 0.3) is 0 Å². The molecule has 10 aromatic rings. The van der Waals surface area contributed by atoms with Gasteiger partial charge in [-0.25, -0.2) is 0 Å². The maximum Gasteiger partial charge on any atom is 0.0714 e. The van der Waals surface area contributed by atoms with E-state index in [9.17, 15) is 0 Å². The Morgan fingerprint density at radius 3 is 1.43 bits per heavy atom. The lowest BCUT2D eigenvalue weighted by Gasteiger charge is -2.34. The molecule has 282 valence electrons. The number of nitrogens with zero attached hydrogens (tertiary/aromatic N) is 1. The van der Waals surface area contributed by atoms with E-state index in [4.69, 9.17) is 0 Å². The summed E-state index contributed by atoms with van der Waals surface area (Å²) in [5.74, 6) is 0. The van der Waals surface area contributed by atoms with Crippen LogP contribution in [0.4, 0.5) is 17.1 Å². The van der Waals surface area contributed by atoms with Crippen molar-refractivity contribution in [3.05, 3.63) is 271 Å². The van der Waals surface area contributed by atoms with Crippen LogP contribution in [0.3, 0.4) is 0 Å². The van der Waals surface area contributed by atoms with Crippen LogP contribution in [0.25, 0.3) is 55.3 Å². The molecule has 0 aromatic heterocycles. The van der Waals surface area contributed by atoms with Crippen LogP contribution in [-0.2, 0) is 5.41 Å². The molecule has 10 aromatic carbocycles. The summed E-state index contributed by atoms with van der Waals surface area (Å²) >= 11 is 0. The van der Waals surface area contributed by atoms with Crippen molar-refractivity contribution in [1.82, 2.24) is 0 Å². The number of fused-ring (bicyclic) bond motifs is 4. The molecule has 11 rings (SSSR count). The number of hydrogen-bond donors (Lipinski definition) is 0. The van der Waals surface area contributed by atoms with Crippen LogP contribution in [0, 0.1) is 0 Å². The molecule has 60 heavy (non-hydrogen) atoms. The molecule has 0 N–H and O–H groups in total. The molecule has 0 saturated heterocycles. The Kier molecular flexibility index (Phi) is 8.79. The van der Waals surface area contributed by atoms with Crippen LogP contribution < -0.4 is 4.90 Å². The molecule has 0 spiro atoms. The van der Waals surface area contributed by atoms with E-state index in [-0.39, 0.29) is 0 Å². The third kappa shape index (κ3) is 5.78. The van der Waals surface area contributed by atoms with Gasteiger partial charge in [0.15, 0.2) is 0 Å². The van der Waals surface area contributed by atoms with Gasteiger partial charge < -0.3 is 4.90 Å². The van der Waals surface area contributed by atoms with Crippen molar-refractivity contribution in [2.45, 2.75) is 5.41 Å². The molecule has 0 aliphatic heterocycles. The van der Waals surface area contributed by atoms with Crippen molar-refractivity contribution in [3.8, 4) is 44.5 Å². The second-order valence-electron chi connectivity index (χ2n) is 15.6. The molecule has 0 unspecified atom stereocenters. The van der Waals surface area contributed by atoms with Gasteiger partial charge in [0.1, 0.15) is 0 Å². The van der Waals surface area contributed by atoms with Crippen molar-refractivity contribution in [2.75, 3.05) is 4.90 Å².